The Labute approximate surface area is 230 Å². The van der Waals surface area contributed by atoms with Crippen molar-refractivity contribution in [2.45, 2.75) is 84.2 Å². The van der Waals surface area contributed by atoms with E-state index in [9.17, 15) is 33.0 Å². The lowest BCUT2D eigenvalue weighted by molar-refractivity contribution is -0.154. The van der Waals surface area contributed by atoms with Crippen molar-refractivity contribution in [3.05, 3.63) is 45.5 Å². The van der Waals surface area contributed by atoms with Crippen LogP contribution in [0.2, 0.25) is 0 Å². The summed E-state index contributed by atoms with van der Waals surface area (Å²) in [5.74, 6) is -2.69. The summed E-state index contributed by atoms with van der Waals surface area (Å²) >= 11 is 7.12. The van der Waals surface area contributed by atoms with Crippen molar-refractivity contribution in [2.24, 2.45) is 17.3 Å². The van der Waals surface area contributed by atoms with Crippen molar-refractivity contribution in [1.29, 1.82) is 0 Å². The van der Waals surface area contributed by atoms with Crippen LogP contribution in [0, 0.1) is 17.3 Å². The molecule has 2 N–H and O–H groups in total. The van der Waals surface area contributed by atoms with Gasteiger partial charge in [-0.05, 0) is 25.0 Å². The number of ketones is 1. The maximum atomic E-state index is 13.8. The van der Waals surface area contributed by atoms with E-state index in [4.69, 9.17) is 16.3 Å². The third kappa shape index (κ3) is 8.49. The minimum atomic E-state index is -4.63. The molecule has 2 heterocycles. The molecule has 6 nitrogen and oxygen atoms in total. The highest BCUT2D eigenvalue weighted by atomic mass is 35.5. The molecular weight excluding hydrogens is 543 g/mol. The molecule has 0 fully saturated rings. The van der Waals surface area contributed by atoms with Crippen LogP contribution in [0.3, 0.4) is 0 Å². The highest BCUT2D eigenvalue weighted by Crippen LogP contribution is 2.33. The summed E-state index contributed by atoms with van der Waals surface area (Å²) in [6, 6.07) is 0. The predicted octanol–water partition coefficient (Wildman–Crippen LogP) is 6.02. The number of thiazole rings is 1. The molecule has 1 aliphatic heterocycles. The number of ether oxygens (including phenoxy) is 1. The lowest BCUT2D eigenvalue weighted by atomic mass is 9.73. The lowest BCUT2D eigenvalue weighted by Gasteiger charge is -2.34. The second-order valence-corrected chi connectivity index (χ2v) is 11.4. The topological polar surface area (TPSA) is 96.7 Å². The maximum Gasteiger partial charge on any atom is 0.412 e. The van der Waals surface area contributed by atoms with Crippen LogP contribution in [0.4, 0.5) is 13.2 Å². The third-order valence-electron chi connectivity index (χ3n) is 6.85. The average molecular weight is 578 g/mol. The van der Waals surface area contributed by atoms with Gasteiger partial charge in [0.05, 0.1) is 35.6 Å². The van der Waals surface area contributed by atoms with E-state index >= 15 is 0 Å². The molecule has 0 spiro atoms. The van der Waals surface area contributed by atoms with Crippen molar-refractivity contribution < 1.29 is 37.7 Å². The molecule has 38 heavy (non-hydrogen) atoms. The molecule has 1 aliphatic rings. The Bertz CT molecular complexity index is 1080. The first-order chi connectivity index (χ1) is 17.6. The number of halogens is 4. The van der Waals surface area contributed by atoms with Gasteiger partial charge in [-0.25, -0.2) is 4.98 Å². The van der Waals surface area contributed by atoms with Gasteiger partial charge in [0.2, 0.25) is 0 Å². The SMILES string of the molecule is C/C(=C\c1csc(CCl)n1)C1C/C=C(/C(F)(F)F)C/C=C/C(C)C(O)C(C)C(=O)C(C)(C)[C@@H](O)CC(=O)O1. The van der Waals surface area contributed by atoms with Gasteiger partial charge >= 0.3 is 12.1 Å². The van der Waals surface area contributed by atoms with Crippen LogP contribution in [-0.4, -0.2) is 51.4 Å². The molecule has 0 radical (unpaired) electrons. The molecule has 0 bridgehead atoms. The van der Waals surface area contributed by atoms with Crippen molar-refractivity contribution >= 4 is 40.8 Å². The van der Waals surface area contributed by atoms with E-state index in [1.165, 1.54) is 44.3 Å². The fourth-order valence-electron chi connectivity index (χ4n) is 4.17. The zero-order chi connectivity index (χ0) is 28.8. The smallest absolute Gasteiger partial charge is 0.412 e. The van der Waals surface area contributed by atoms with Gasteiger partial charge in [0.15, 0.2) is 0 Å². The molecular formula is C27H35ClF3NO5S. The number of cyclic esters (lactones) is 1. The molecule has 0 amide bonds. The molecule has 2 rings (SSSR count). The Morgan fingerprint density at radius 3 is 2.53 bits per heavy atom. The summed E-state index contributed by atoms with van der Waals surface area (Å²) in [5, 5.41) is 23.8. The molecule has 0 saturated carbocycles. The minimum Gasteiger partial charge on any atom is -0.457 e. The van der Waals surface area contributed by atoms with Gasteiger partial charge in [-0.15, -0.1) is 22.9 Å². The number of esters is 1. The van der Waals surface area contributed by atoms with Crippen molar-refractivity contribution in [3.8, 4) is 0 Å². The first kappa shape index (κ1) is 32.2. The average Bonchev–Trinajstić information content (AvgIpc) is 3.29. The Hall–Kier alpha value is -2.01. The van der Waals surface area contributed by atoms with Gasteiger partial charge in [-0.1, -0.05) is 45.9 Å². The Kier molecular flexibility index (Phi) is 11.3. The summed E-state index contributed by atoms with van der Waals surface area (Å²) in [5.41, 5.74) is -1.24. The normalized spacial score (nSPS) is 30.9. The van der Waals surface area contributed by atoms with Crippen LogP contribution in [0.5, 0.6) is 0 Å². The van der Waals surface area contributed by atoms with Crippen LogP contribution in [0.1, 0.15) is 64.6 Å². The highest BCUT2D eigenvalue weighted by Gasteiger charge is 2.42. The fraction of sp³-hybridized carbons (Fsp3) is 0.593. The summed E-state index contributed by atoms with van der Waals surface area (Å²) in [6.45, 7) is 7.68. The molecule has 212 valence electrons. The number of alkyl halides is 4. The van der Waals surface area contributed by atoms with E-state index < -0.39 is 71.9 Å². The van der Waals surface area contributed by atoms with Crippen LogP contribution < -0.4 is 0 Å². The number of Topliss-reactive ketones (excluding diaryl/α,β-unsaturated/α-hetero) is 1. The van der Waals surface area contributed by atoms with E-state index in [0.29, 0.717) is 16.3 Å². The first-order valence-electron chi connectivity index (χ1n) is 12.3. The van der Waals surface area contributed by atoms with E-state index in [2.05, 4.69) is 4.98 Å². The zero-order valence-electron chi connectivity index (χ0n) is 22.1. The number of aliphatic hydroxyl groups excluding tert-OH is 2. The van der Waals surface area contributed by atoms with E-state index in [1.54, 1.807) is 25.3 Å². The molecule has 5 atom stereocenters. The van der Waals surface area contributed by atoms with E-state index in [0.717, 1.165) is 6.08 Å². The predicted molar refractivity (Wildman–Crippen MR) is 141 cm³/mol. The molecule has 11 heteroatoms. The van der Waals surface area contributed by atoms with Gasteiger partial charge in [0.25, 0.3) is 0 Å². The van der Waals surface area contributed by atoms with E-state index in [1.807, 2.05) is 0 Å². The second kappa shape index (κ2) is 13.4. The fourth-order valence-corrected chi connectivity index (χ4v) is 5.02. The number of carbonyl (C=O) groups excluding carboxylic acids is 2. The molecule has 0 aliphatic carbocycles. The standard InChI is InChI=1S/C27H35ClF3NO5S/c1-15-7-6-8-18(27(29,30)31)9-10-20(16(2)11-19-14-38-22(13-28)32-19)37-23(34)12-21(33)26(4,5)25(36)17(3)24(15)35/h6-7,9,11,14-15,17,20-21,24,33,35H,8,10,12-13H2,1-5H3/b7-6+,16-11+,18-9+/t15?,17?,20?,21-,24?/m0/s1. The summed E-state index contributed by atoms with van der Waals surface area (Å²) in [4.78, 5) is 30.3. The Morgan fingerprint density at radius 1 is 1.29 bits per heavy atom. The lowest BCUT2D eigenvalue weighted by Crippen LogP contribution is -2.45. The largest absolute Gasteiger partial charge is 0.457 e. The number of aliphatic hydroxyl groups is 2. The minimum absolute atomic E-state index is 0.210. The zero-order valence-corrected chi connectivity index (χ0v) is 23.7. The van der Waals surface area contributed by atoms with Crippen molar-refractivity contribution in [2.75, 3.05) is 0 Å². The van der Waals surface area contributed by atoms with Crippen molar-refractivity contribution in [1.82, 2.24) is 4.98 Å². The number of nitrogens with zero attached hydrogens (tertiary/aromatic N) is 1. The van der Waals surface area contributed by atoms with Crippen LogP contribution in [-0.2, 0) is 20.2 Å². The maximum absolute atomic E-state index is 13.8. The highest BCUT2D eigenvalue weighted by molar-refractivity contribution is 7.09. The molecule has 0 aromatic carbocycles. The number of aromatic nitrogens is 1. The van der Waals surface area contributed by atoms with Gasteiger partial charge < -0.3 is 14.9 Å². The number of hydrogen-bond donors (Lipinski definition) is 2. The molecule has 1 aromatic heterocycles. The first-order valence-corrected chi connectivity index (χ1v) is 13.7. The monoisotopic (exact) mass is 577 g/mol. The number of rotatable bonds is 3. The number of hydrogen-bond acceptors (Lipinski definition) is 7. The molecule has 1 aromatic rings. The number of allylic oxidation sites excluding steroid dienone is 2. The van der Waals surface area contributed by atoms with Crippen LogP contribution >= 0.6 is 22.9 Å². The summed E-state index contributed by atoms with van der Waals surface area (Å²) in [7, 11) is 0. The molecule has 0 saturated heterocycles. The van der Waals surface area contributed by atoms with E-state index in [-0.39, 0.29) is 12.3 Å². The van der Waals surface area contributed by atoms with Gasteiger partial charge in [-0.2, -0.15) is 13.2 Å². The summed E-state index contributed by atoms with van der Waals surface area (Å²) < 4.78 is 46.9. The number of carbonyl (C=O) groups is 2. The van der Waals surface area contributed by atoms with Crippen LogP contribution in [0.25, 0.3) is 6.08 Å². The van der Waals surface area contributed by atoms with Gasteiger partial charge in [-0.3, -0.25) is 9.59 Å². The molecule has 4 unspecified atom stereocenters. The van der Waals surface area contributed by atoms with Gasteiger partial charge in [0.1, 0.15) is 16.9 Å². The second-order valence-electron chi connectivity index (χ2n) is 10.2. The third-order valence-corrected chi connectivity index (χ3v) is 8.13. The summed E-state index contributed by atoms with van der Waals surface area (Å²) in [6.07, 6.45) is -4.24. The Morgan fingerprint density at radius 2 is 1.95 bits per heavy atom. The van der Waals surface area contributed by atoms with Gasteiger partial charge in [0, 0.05) is 29.2 Å². The van der Waals surface area contributed by atoms with Crippen LogP contribution in [0.15, 0.2) is 34.8 Å². The quantitative estimate of drug-likeness (QED) is 0.259. The van der Waals surface area contributed by atoms with Crippen molar-refractivity contribution in [3.63, 3.8) is 0 Å². The Balaban J connectivity index is 2.50.